The number of carbonyl (C=O) groups is 2. The van der Waals surface area contributed by atoms with Crippen LogP contribution < -0.4 is 10.1 Å². The second-order valence-electron chi connectivity index (χ2n) is 11.2. The lowest BCUT2D eigenvalue weighted by atomic mass is 10.0. The molecule has 0 radical (unpaired) electrons. The van der Waals surface area contributed by atoms with Crippen molar-refractivity contribution in [2.45, 2.75) is 49.7 Å². The smallest absolute Gasteiger partial charge is 0.247 e. The van der Waals surface area contributed by atoms with Crippen LogP contribution in [0.25, 0.3) is 0 Å². The van der Waals surface area contributed by atoms with E-state index in [4.69, 9.17) is 16.3 Å². The summed E-state index contributed by atoms with van der Waals surface area (Å²) < 4.78 is 32.9. The van der Waals surface area contributed by atoms with Crippen LogP contribution in [-0.2, 0) is 39.1 Å². The fraction of sp³-hybridized carbons (Fsp3) is 0.278. The lowest BCUT2D eigenvalue weighted by molar-refractivity contribution is -0.141. The van der Waals surface area contributed by atoms with Gasteiger partial charge in [-0.05, 0) is 66.3 Å². The highest BCUT2D eigenvalue weighted by Gasteiger charge is 2.32. The average molecular weight is 660 g/mol. The monoisotopic (exact) mass is 659 g/mol. The van der Waals surface area contributed by atoms with E-state index in [0.29, 0.717) is 35.8 Å². The number of benzene rings is 4. The van der Waals surface area contributed by atoms with Gasteiger partial charge in [-0.1, -0.05) is 84.4 Å². The van der Waals surface area contributed by atoms with E-state index in [1.165, 1.54) is 4.31 Å². The minimum absolute atomic E-state index is 0.120. The number of halogens is 1. The third kappa shape index (κ3) is 8.15. The average Bonchev–Trinajstić information content (AvgIpc) is 3.64. The Bertz CT molecular complexity index is 1730. The summed E-state index contributed by atoms with van der Waals surface area (Å²) in [7, 11) is -1.94. The van der Waals surface area contributed by atoms with Crippen LogP contribution in [0.2, 0.25) is 5.02 Å². The van der Waals surface area contributed by atoms with Crippen molar-refractivity contribution in [1.82, 2.24) is 14.5 Å². The molecule has 0 bridgehead atoms. The van der Waals surface area contributed by atoms with Crippen molar-refractivity contribution in [2.75, 3.05) is 20.2 Å². The Labute approximate surface area is 276 Å². The van der Waals surface area contributed by atoms with Gasteiger partial charge in [0.25, 0.3) is 0 Å². The molecule has 5 rings (SSSR count). The summed E-state index contributed by atoms with van der Waals surface area (Å²) in [4.78, 5) is 29.9. The Kier molecular flexibility index (Phi) is 11.1. The maximum Gasteiger partial charge on any atom is 0.247 e. The molecular weight excluding hydrogens is 622 g/mol. The number of nitrogens with one attached hydrogen (secondary N) is 1. The van der Waals surface area contributed by atoms with E-state index in [9.17, 15) is 18.0 Å². The number of hydrogen-bond acceptors (Lipinski definition) is 5. The van der Waals surface area contributed by atoms with E-state index >= 15 is 0 Å². The molecule has 1 aliphatic heterocycles. The molecule has 1 atom stereocenters. The molecule has 46 heavy (non-hydrogen) atoms. The first-order valence-electron chi connectivity index (χ1n) is 15.3. The first-order valence-corrected chi connectivity index (χ1v) is 17.2. The molecule has 2 amide bonds. The van der Waals surface area contributed by atoms with Crippen molar-refractivity contribution >= 4 is 33.4 Å². The minimum Gasteiger partial charge on any atom is -0.496 e. The fourth-order valence-electron chi connectivity index (χ4n) is 5.65. The number of para-hydroxylation sites is 1. The first-order chi connectivity index (χ1) is 22.3. The third-order valence-electron chi connectivity index (χ3n) is 8.16. The fourth-order valence-corrected chi connectivity index (χ4v) is 7.29. The van der Waals surface area contributed by atoms with Crippen molar-refractivity contribution < 1.29 is 22.7 Å². The molecule has 0 aliphatic carbocycles. The molecule has 4 aromatic rings. The van der Waals surface area contributed by atoms with E-state index in [-0.39, 0.29) is 36.2 Å². The van der Waals surface area contributed by atoms with Crippen LogP contribution in [0.3, 0.4) is 0 Å². The van der Waals surface area contributed by atoms with Gasteiger partial charge in [-0.15, -0.1) is 0 Å². The Balaban J connectivity index is 1.38. The standard InChI is InChI=1S/C36H38ClN3O5S/c1-45-33-12-6-5-11-30(33)25-38-36(42)35(29-9-3-2-4-10-29)40(26-28-13-18-31(37)19-14-28)34(41)22-17-27-15-20-32(21-16-27)46(43,44)39-23-7-8-24-39/h2-6,9-16,18-21,35H,7-8,17,22-26H2,1H3,(H,38,42)/t35-/m1/s1. The minimum atomic E-state index is -3.52. The number of carbonyl (C=O) groups excluding carboxylic acids is 2. The Morgan fingerprint density at radius 2 is 1.50 bits per heavy atom. The van der Waals surface area contributed by atoms with Gasteiger partial charge < -0.3 is 15.0 Å². The molecule has 240 valence electrons. The van der Waals surface area contributed by atoms with Gasteiger partial charge in [0.1, 0.15) is 11.8 Å². The van der Waals surface area contributed by atoms with Gasteiger partial charge in [-0.2, -0.15) is 4.31 Å². The Hall–Kier alpha value is -4.18. The number of amides is 2. The van der Waals surface area contributed by atoms with Crippen molar-refractivity contribution in [3.63, 3.8) is 0 Å². The summed E-state index contributed by atoms with van der Waals surface area (Å²) in [6.07, 6.45) is 2.24. The van der Waals surface area contributed by atoms with Crippen LogP contribution in [0, 0.1) is 0 Å². The molecule has 1 N–H and O–H groups in total. The SMILES string of the molecule is COc1ccccc1CNC(=O)[C@@H](c1ccccc1)N(Cc1ccc(Cl)cc1)C(=O)CCc1ccc(S(=O)(=O)N2CCCC2)cc1. The highest BCUT2D eigenvalue weighted by molar-refractivity contribution is 7.89. The summed E-state index contributed by atoms with van der Waals surface area (Å²) in [5, 5.41) is 3.60. The predicted molar refractivity (Wildman–Crippen MR) is 179 cm³/mol. The van der Waals surface area contributed by atoms with Gasteiger partial charge in [0.2, 0.25) is 21.8 Å². The van der Waals surface area contributed by atoms with Gasteiger partial charge >= 0.3 is 0 Å². The van der Waals surface area contributed by atoms with Gasteiger partial charge in [-0.3, -0.25) is 9.59 Å². The van der Waals surface area contributed by atoms with Crippen molar-refractivity contribution in [1.29, 1.82) is 0 Å². The first kappa shape index (κ1) is 33.2. The van der Waals surface area contributed by atoms with Crippen molar-refractivity contribution in [3.8, 4) is 5.75 Å². The van der Waals surface area contributed by atoms with Gasteiger partial charge in [0.05, 0.1) is 12.0 Å². The molecule has 10 heteroatoms. The normalized spacial score (nSPS) is 14.0. The second-order valence-corrected chi connectivity index (χ2v) is 13.6. The molecule has 0 aromatic heterocycles. The van der Waals surface area contributed by atoms with E-state index in [2.05, 4.69) is 5.32 Å². The largest absolute Gasteiger partial charge is 0.496 e. The zero-order chi connectivity index (χ0) is 32.5. The number of hydrogen-bond donors (Lipinski definition) is 1. The molecule has 0 saturated carbocycles. The van der Waals surface area contributed by atoms with Gasteiger partial charge in [-0.25, -0.2) is 8.42 Å². The van der Waals surface area contributed by atoms with Crippen LogP contribution in [-0.4, -0.2) is 49.6 Å². The van der Waals surface area contributed by atoms with Crippen LogP contribution in [0.15, 0.2) is 108 Å². The highest BCUT2D eigenvalue weighted by Crippen LogP contribution is 2.27. The number of rotatable bonds is 13. The topological polar surface area (TPSA) is 96.0 Å². The maximum atomic E-state index is 14.1. The quantitative estimate of drug-likeness (QED) is 0.186. The van der Waals surface area contributed by atoms with Crippen LogP contribution in [0.5, 0.6) is 5.75 Å². The maximum absolute atomic E-state index is 14.1. The second kappa shape index (κ2) is 15.4. The molecule has 1 fully saturated rings. The molecule has 0 spiro atoms. The van der Waals surface area contributed by atoms with Crippen molar-refractivity contribution in [2.24, 2.45) is 0 Å². The molecule has 1 heterocycles. The summed E-state index contributed by atoms with van der Waals surface area (Å²) >= 11 is 6.14. The summed E-state index contributed by atoms with van der Waals surface area (Å²) in [5.41, 5.74) is 3.15. The summed E-state index contributed by atoms with van der Waals surface area (Å²) in [6.45, 7) is 1.49. The number of nitrogens with zero attached hydrogens (tertiary/aromatic N) is 2. The molecule has 1 aliphatic rings. The van der Waals surface area contributed by atoms with Crippen LogP contribution >= 0.6 is 11.6 Å². The molecule has 4 aromatic carbocycles. The number of sulfonamides is 1. The molecule has 8 nitrogen and oxygen atoms in total. The molecular formula is C36H38ClN3O5S. The van der Waals surface area contributed by atoms with E-state index in [0.717, 1.165) is 29.5 Å². The van der Waals surface area contributed by atoms with E-state index in [1.54, 1.807) is 48.4 Å². The van der Waals surface area contributed by atoms with E-state index < -0.39 is 16.1 Å². The Morgan fingerprint density at radius 1 is 0.870 bits per heavy atom. The molecule has 0 unspecified atom stereocenters. The zero-order valence-electron chi connectivity index (χ0n) is 25.8. The van der Waals surface area contributed by atoms with Gasteiger partial charge in [0.15, 0.2) is 0 Å². The third-order valence-corrected chi connectivity index (χ3v) is 10.3. The van der Waals surface area contributed by atoms with Crippen molar-refractivity contribution in [3.05, 3.63) is 130 Å². The van der Waals surface area contributed by atoms with Crippen LogP contribution in [0.1, 0.15) is 47.6 Å². The lowest BCUT2D eigenvalue weighted by Gasteiger charge is -2.32. The Morgan fingerprint density at radius 3 is 2.17 bits per heavy atom. The van der Waals surface area contributed by atoms with E-state index in [1.807, 2.05) is 66.7 Å². The summed E-state index contributed by atoms with van der Waals surface area (Å²) in [6, 6.07) is 29.7. The van der Waals surface area contributed by atoms with Crippen LogP contribution in [0.4, 0.5) is 0 Å². The van der Waals surface area contributed by atoms with Gasteiger partial charge in [0, 0.05) is 43.2 Å². The number of aryl methyl sites for hydroxylation is 1. The predicted octanol–water partition coefficient (Wildman–Crippen LogP) is 6.15. The highest BCUT2D eigenvalue weighted by atomic mass is 35.5. The lowest BCUT2D eigenvalue weighted by Crippen LogP contribution is -2.43. The summed E-state index contributed by atoms with van der Waals surface area (Å²) in [5.74, 6) is 0.119. The molecule has 1 saturated heterocycles. The number of ether oxygens (including phenoxy) is 1. The number of methoxy groups -OCH3 is 1. The zero-order valence-corrected chi connectivity index (χ0v) is 27.3.